The fraction of sp³-hybridized carbons (Fsp3) is 0.818. The van der Waals surface area contributed by atoms with E-state index in [1.54, 1.807) is 11.1 Å². The number of allylic oxidation sites excluding steroid dienone is 3. The molecule has 24 heavy (non-hydrogen) atoms. The van der Waals surface area contributed by atoms with Crippen LogP contribution in [0.4, 0.5) is 0 Å². The zero-order valence-corrected chi connectivity index (χ0v) is 16.2. The van der Waals surface area contributed by atoms with Crippen LogP contribution in [0.25, 0.3) is 0 Å². The lowest BCUT2D eigenvalue weighted by Crippen LogP contribution is -2.40. The second-order valence-corrected chi connectivity index (χ2v) is 8.30. The van der Waals surface area contributed by atoms with Gasteiger partial charge in [0.2, 0.25) is 0 Å². The SMILES string of the molecule is CC.CCO[C@@]1(O)CCC2=C(CCC3C2=CCC2(C)CCCC32)C1. The van der Waals surface area contributed by atoms with Gasteiger partial charge in [0.25, 0.3) is 0 Å². The molecule has 2 nitrogen and oxygen atoms in total. The molecule has 4 aliphatic carbocycles. The average Bonchev–Trinajstić information content (AvgIpc) is 2.98. The molecule has 2 heteroatoms. The number of hydrogen-bond donors (Lipinski definition) is 1. The Morgan fingerprint density at radius 1 is 1.21 bits per heavy atom. The monoisotopic (exact) mass is 332 g/mol. The van der Waals surface area contributed by atoms with Gasteiger partial charge in [-0.2, -0.15) is 0 Å². The first-order valence-corrected chi connectivity index (χ1v) is 10.3. The van der Waals surface area contributed by atoms with Crippen molar-refractivity contribution in [3.63, 3.8) is 0 Å². The molecule has 0 spiro atoms. The third-order valence-electron chi connectivity index (χ3n) is 7.03. The molecule has 0 amide bonds. The lowest BCUT2D eigenvalue weighted by atomic mass is 9.59. The van der Waals surface area contributed by atoms with Gasteiger partial charge in [-0.1, -0.05) is 38.8 Å². The van der Waals surface area contributed by atoms with Crippen molar-refractivity contribution in [3.05, 3.63) is 22.8 Å². The lowest BCUT2D eigenvalue weighted by molar-refractivity contribution is -0.206. The second kappa shape index (κ2) is 6.96. The highest BCUT2D eigenvalue weighted by molar-refractivity contribution is 5.44. The van der Waals surface area contributed by atoms with Crippen molar-refractivity contribution in [2.24, 2.45) is 17.3 Å². The fourth-order valence-corrected chi connectivity index (χ4v) is 5.95. The van der Waals surface area contributed by atoms with E-state index in [1.165, 1.54) is 44.1 Å². The van der Waals surface area contributed by atoms with Crippen LogP contribution in [0.2, 0.25) is 0 Å². The summed E-state index contributed by atoms with van der Waals surface area (Å²) in [6.07, 6.45) is 13.1. The molecule has 1 fully saturated rings. The Bertz CT molecular complexity index is 532. The molecular formula is C22H36O2. The van der Waals surface area contributed by atoms with E-state index in [1.807, 2.05) is 20.8 Å². The van der Waals surface area contributed by atoms with Crippen LogP contribution in [0.15, 0.2) is 22.8 Å². The number of hydrogen-bond acceptors (Lipinski definition) is 2. The van der Waals surface area contributed by atoms with Crippen LogP contribution in [0.3, 0.4) is 0 Å². The summed E-state index contributed by atoms with van der Waals surface area (Å²) in [5, 5.41) is 10.6. The Balaban J connectivity index is 0.000000815. The first-order chi connectivity index (χ1) is 11.5. The predicted molar refractivity (Wildman–Crippen MR) is 99.7 cm³/mol. The minimum Gasteiger partial charge on any atom is -0.365 e. The third-order valence-corrected chi connectivity index (χ3v) is 7.03. The maximum absolute atomic E-state index is 10.6. The summed E-state index contributed by atoms with van der Waals surface area (Å²) in [6, 6.07) is 0. The minimum absolute atomic E-state index is 0.576. The summed E-state index contributed by atoms with van der Waals surface area (Å²) in [7, 11) is 0. The van der Waals surface area contributed by atoms with Gasteiger partial charge >= 0.3 is 0 Å². The number of aliphatic hydroxyl groups is 1. The van der Waals surface area contributed by atoms with Gasteiger partial charge in [-0.25, -0.2) is 0 Å². The maximum atomic E-state index is 10.6. The van der Waals surface area contributed by atoms with Crippen LogP contribution in [0.1, 0.15) is 85.5 Å². The van der Waals surface area contributed by atoms with Gasteiger partial charge < -0.3 is 9.84 Å². The molecule has 1 saturated carbocycles. The number of ether oxygens (including phenoxy) is 1. The molecule has 4 rings (SSSR count). The molecular weight excluding hydrogens is 296 g/mol. The van der Waals surface area contributed by atoms with Crippen LogP contribution in [0, 0.1) is 17.3 Å². The average molecular weight is 333 g/mol. The van der Waals surface area contributed by atoms with Crippen LogP contribution in [0.5, 0.6) is 0 Å². The van der Waals surface area contributed by atoms with E-state index in [0.29, 0.717) is 12.0 Å². The topological polar surface area (TPSA) is 29.5 Å². The van der Waals surface area contributed by atoms with Crippen LogP contribution in [-0.2, 0) is 4.74 Å². The molecule has 1 N–H and O–H groups in total. The van der Waals surface area contributed by atoms with E-state index < -0.39 is 5.79 Å². The van der Waals surface area contributed by atoms with Gasteiger partial charge in [-0.05, 0) is 73.8 Å². The summed E-state index contributed by atoms with van der Waals surface area (Å²) >= 11 is 0. The van der Waals surface area contributed by atoms with E-state index in [2.05, 4.69) is 13.0 Å². The molecule has 4 aliphatic rings. The van der Waals surface area contributed by atoms with Gasteiger partial charge in [-0.3, -0.25) is 0 Å². The standard InChI is InChI=1S/C20H30O2.C2H6/c1-3-22-20(21)12-9-15-14(13-20)6-7-17-16(15)8-11-19(2)10-4-5-18(17)19;1-2/h8,17-18,21H,3-7,9-13H2,1-2H3;1-2H3/t17?,18?,19?,20-;/m0./s1. The molecule has 136 valence electrons. The quantitative estimate of drug-likeness (QED) is 0.651. The zero-order chi connectivity index (χ0) is 17.4. The largest absolute Gasteiger partial charge is 0.365 e. The minimum atomic E-state index is -0.891. The molecule has 0 radical (unpaired) electrons. The van der Waals surface area contributed by atoms with E-state index in [0.717, 1.165) is 31.1 Å². The summed E-state index contributed by atoms with van der Waals surface area (Å²) < 4.78 is 5.64. The molecule has 0 aromatic heterocycles. The first-order valence-electron chi connectivity index (χ1n) is 10.3. The van der Waals surface area contributed by atoms with Gasteiger partial charge in [0.15, 0.2) is 5.79 Å². The van der Waals surface area contributed by atoms with Crippen molar-refractivity contribution >= 4 is 0 Å². The molecule has 0 saturated heterocycles. The molecule has 0 aliphatic heterocycles. The second-order valence-electron chi connectivity index (χ2n) is 8.30. The van der Waals surface area contributed by atoms with Gasteiger partial charge in [0.05, 0.1) is 0 Å². The molecule has 0 bridgehead atoms. The predicted octanol–water partition coefficient (Wildman–Crippen LogP) is 5.76. The first kappa shape index (κ1) is 18.2. The fourth-order valence-electron chi connectivity index (χ4n) is 5.95. The van der Waals surface area contributed by atoms with Crippen LogP contribution >= 0.6 is 0 Å². The smallest absolute Gasteiger partial charge is 0.169 e. The zero-order valence-electron chi connectivity index (χ0n) is 16.2. The van der Waals surface area contributed by atoms with E-state index in [9.17, 15) is 5.11 Å². The van der Waals surface area contributed by atoms with Gasteiger partial charge in [0, 0.05) is 19.4 Å². The van der Waals surface area contributed by atoms with E-state index >= 15 is 0 Å². The summed E-state index contributed by atoms with van der Waals surface area (Å²) in [5.41, 5.74) is 5.34. The normalized spacial score (nSPS) is 40.8. The third kappa shape index (κ3) is 3.01. The Hall–Kier alpha value is -0.600. The van der Waals surface area contributed by atoms with Crippen molar-refractivity contribution in [2.45, 2.75) is 91.3 Å². The maximum Gasteiger partial charge on any atom is 0.169 e. The van der Waals surface area contributed by atoms with Gasteiger partial charge in [-0.15, -0.1) is 0 Å². The van der Waals surface area contributed by atoms with Crippen molar-refractivity contribution in [1.29, 1.82) is 0 Å². The van der Waals surface area contributed by atoms with Crippen LogP contribution < -0.4 is 0 Å². The molecule has 3 unspecified atom stereocenters. The number of fused-ring (bicyclic) bond motifs is 4. The number of rotatable bonds is 2. The molecule has 0 heterocycles. The molecule has 0 aromatic carbocycles. The lowest BCUT2D eigenvalue weighted by Gasteiger charge is -2.47. The molecule has 0 aromatic rings. The van der Waals surface area contributed by atoms with Crippen molar-refractivity contribution in [1.82, 2.24) is 0 Å². The van der Waals surface area contributed by atoms with E-state index in [-0.39, 0.29) is 0 Å². The highest BCUT2D eigenvalue weighted by Crippen LogP contribution is 2.59. The van der Waals surface area contributed by atoms with Crippen molar-refractivity contribution in [3.8, 4) is 0 Å². The summed E-state index contributed by atoms with van der Waals surface area (Å²) in [5.74, 6) is 0.824. The summed E-state index contributed by atoms with van der Waals surface area (Å²) in [4.78, 5) is 0. The van der Waals surface area contributed by atoms with Crippen LogP contribution in [-0.4, -0.2) is 17.5 Å². The summed E-state index contributed by atoms with van der Waals surface area (Å²) in [6.45, 7) is 9.10. The highest BCUT2D eigenvalue weighted by atomic mass is 16.6. The Labute approximate surface area is 148 Å². The Kier molecular flexibility index (Phi) is 5.28. The van der Waals surface area contributed by atoms with Crippen molar-refractivity contribution < 1.29 is 9.84 Å². The van der Waals surface area contributed by atoms with E-state index in [4.69, 9.17) is 4.74 Å². The highest BCUT2D eigenvalue weighted by Gasteiger charge is 2.48. The molecule has 4 atom stereocenters. The van der Waals surface area contributed by atoms with Gasteiger partial charge in [0.1, 0.15) is 0 Å². The van der Waals surface area contributed by atoms with Crippen molar-refractivity contribution in [2.75, 3.05) is 6.61 Å². The Morgan fingerprint density at radius 2 is 2.00 bits per heavy atom. The Morgan fingerprint density at radius 3 is 2.75 bits per heavy atom.